The topological polar surface area (TPSA) is 81.2 Å². The zero-order valence-corrected chi connectivity index (χ0v) is 13.2. The minimum absolute atomic E-state index is 0.0200. The Bertz CT molecular complexity index is 736. The highest BCUT2D eigenvalue weighted by Crippen LogP contribution is 2.14. The van der Waals surface area contributed by atoms with E-state index in [2.05, 4.69) is 4.98 Å². The third-order valence-electron chi connectivity index (χ3n) is 3.68. The van der Waals surface area contributed by atoms with Crippen molar-refractivity contribution in [1.29, 1.82) is 0 Å². The van der Waals surface area contributed by atoms with Crippen LogP contribution in [0.2, 0.25) is 0 Å². The van der Waals surface area contributed by atoms with Gasteiger partial charge in [0.15, 0.2) is 0 Å². The summed E-state index contributed by atoms with van der Waals surface area (Å²) in [5.41, 5.74) is 5.96. The summed E-state index contributed by atoms with van der Waals surface area (Å²) in [4.78, 5) is 30.5. The summed E-state index contributed by atoms with van der Waals surface area (Å²) in [6.07, 6.45) is 1.42. The number of amides is 1. The lowest BCUT2D eigenvalue weighted by molar-refractivity contribution is -0.131. The van der Waals surface area contributed by atoms with Gasteiger partial charge < -0.3 is 10.6 Å². The molecule has 1 heterocycles. The first-order valence-electron chi connectivity index (χ1n) is 7.22. The molecule has 0 aliphatic rings. The van der Waals surface area contributed by atoms with Crippen LogP contribution in [0, 0.1) is 5.41 Å². The van der Waals surface area contributed by atoms with Crippen molar-refractivity contribution in [2.45, 2.75) is 20.4 Å². The summed E-state index contributed by atoms with van der Waals surface area (Å²) >= 11 is 0. The number of benzene rings is 1. The SMILES string of the molecule is CN(CC(C)(C)CN)C(=O)Cn1cnc2ccccc2c1=O. The number of nitrogens with two attached hydrogens (primary N) is 1. The predicted molar refractivity (Wildman–Crippen MR) is 86.5 cm³/mol. The number of carbonyl (C=O) groups is 1. The molecule has 0 unspecified atom stereocenters. The van der Waals surface area contributed by atoms with Gasteiger partial charge in [-0.25, -0.2) is 4.98 Å². The molecule has 0 spiro atoms. The molecule has 2 aromatic rings. The van der Waals surface area contributed by atoms with Crippen molar-refractivity contribution in [3.63, 3.8) is 0 Å². The zero-order chi connectivity index (χ0) is 16.3. The molecule has 0 saturated carbocycles. The lowest BCUT2D eigenvalue weighted by Gasteiger charge is -2.29. The van der Waals surface area contributed by atoms with E-state index in [1.54, 1.807) is 30.1 Å². The van der Waals surface area contributed by atoms with Crippen LogP contribution >= 0.6 is 0 Å². The second kappa shape index (κ2) is 6.27. The normalized spacial score (nSPS) is 11.6. The van der Waals surface area contributed by atoms with E-state index in [1.165, 1.54) is 10.9 Å². The highest BCUT2D eigenvalue weighted by molar-refractivity contribution is 5.78. The predicted octanol–water partition coefficient (Wildman–Crippen LogP) is 0.840. The fourth-order valence-electron chi connectivity index (χ4n) is 2.28. The molecule has 2 N–H and O–H groups in total. The molecule has 6 nitrogen and oxygen atoms in total. The molecule has 22 heavy (non-hydrogen) atoms. The maximum Gasteiger partial charge on any atom is 0.261 e. The van der Waals surface area contributed by atoms with Gasteiger partial charge in [-0.15, -0.1) is 0 Å². The van der Waals surface area contributed by atoms with Gasteiger partial charge in [-0.05, 0) is 24.1 Å². The van der Waals surface area contributed by atoms with Crippen molar-refractivity contribution in [2.75, 3.05) is 20.1 Å². The van der Waals surface area contributed by atoms with Crippen LogP contribution in [0.4, 0.5) is 0 Å². The van der Waals surface area contributed by atoms with Crippen LogP contribution in [-0.4, -0.2) is 40.5 Å². The highest BCUT2D eigenvalue weighted by atomic mass is 16.2. The zero-order valence-electron chi connectivity index (χ0n) is 13.2. The number of nitrogens with zero attached hydrogens (tertiary/aromatic N) is 3. The molecule has 0 aliphatic carbocycles. The number of hydrogen-bond acceptors (Lipinski definition) is 4. The third kappa shape index (κ3) is 3.51. The van der Waals surface area contributed by atoms with Crippen molar-refractivity contribution in [1.82, 2.24) is 14.5 Å². The number of likely N-dealkylation sites (N-methyl/N-ethyl adjacent to an activating group) is 1. The summed E-state index contributed by atoms with van der Waals surface area (Å²) in [6, 6.07) is 7.10. The number of para-hydroxylation sites is 1. The Morgan fingerprint density at radius 3 is 2.73 bits per heavy atom. The van der Waals surface area contributed by atoms with Crippen LogP contribution < -0.4 is 11.3 Å². The number of rotatable bonds is 5. The molecule has 0 atom stereocenters. The molecule has 1 aromatic heterocycles. The molecular formula is C16H22N4O2. The number of aromatic nitrogens is 2. The smallest absolute Gasteiger partial charge is 0.261 e. The van der Waals surface area contributed by atoms with Crippen molar-refractivity contribution in [3.8, 4) is 0 Å². The van der Waals surface area contributed by atoms with E-state index in [1.807, 2.05) is 19.9 Å². The van der Waals surface area contributed by atoms with Gasteiger partial charge in [0.05, 0.1) is 17.2 Å². The largest absolute Gasteiger partial charge is 0.344 e. The molecule has 1 aromatic carbocycles. The van der Waals surface area contributed by atoms with Crippen LogP contribution in [0.5, 0.6) is 0 Å². The van der Waals surface area contributed by atoms with E-state index in [0.717, 1.165) is 0 Å². The Morgan fingerprint density at radius 1 is 1.36 bits per heavy atom. The van der Waals surface area contributed by atoms with Crippen LogP contribution in [0.25, 0.3) is 10.9 Å². The minimum atomic E-state index is -0.203. The summed E-state index contributed by atoms with van der Waals surface area (Å²) < 4.78 is 1.34. The monoisotopic (exact) mass is 302 g/mol. The standard InChI is InChI=1S/C16H22N4O2/c1-16(2,9-17)10-19(3)14(21)8-20-11-18-13-7-5-4-6-12(13)15(20)22/h4-7,11H,8-10,17H2,1-3H3. The fourth-order valence-corrected chi connectivity index (χ4v) is 2.28. The Morgan fingerprint density at radius 2 is 2.05 bits per heavy atom. The quantitative estimate of drug-likeness (QED) is 0.887. The van der Waals surface area contributed by atoms with Crippen LogP contribution in [0.1, 0.15) is 13.8 Å². The van der Waals surface area contributed by atoms with E-state index in [0.29, 0.717) is 24.0 Å². The van der Waals surface area contributed by atoms with E-state index >= 15 is 0 Å². The fraction of sp³-hybridized carbons (Fsp3) is 0.438. The molecule has 0 bridgehead atoms. The molecule has 0 radical (unpaired) electrons. The van der Waals surface area contributed by atoms with Crippen molar-refractivity contribution < 1.29 is 4.79 Å². The first-order valence-corrected chi connectivity index (χ1v) is 7.22. The molecule has 1 amide bonds. The third-order valence-corrected chi connectivity index (χ3v) is 3.68. The lowest BCUT2D eigenvalue weighted by atomic mass is 9.93. The van der Waals surface area contributed by atoms with E-state index in [4.69, 9.17) is 5.73 Å². The highest BCUT2D eigenvalue weighted by Gasteiger charge is 2.21. The average Bonchev–Trinajstić information content (AvgIpc) is 2.50. The van der Waals surface area contributed by atoms with Gasteiger partial charge >= 0.3 is 0 Å². The molecular weight excluding hydrogens is 280 g/mol. The van der Waals surface area contributed by atoms with Crippen molar-refractivity contribution in [2.24, 2.45) is 11.1 Å². The van der Waals surface area contributed by atoms with E-state index in [9.17, 15) is 9.59 Å². The first kappa shape index (κ1) is 16.2. The van der Waals surface area contributed by atoms with Gasteiger partial charge in [-0.2, -0.15) is 0 Å². The van der Waals surface area contributed by atoms with Crippen LogP contribution in [0.15, 0.2) is 35.4 Å². The van der Waals surface area contributed by atoms with E-state index < -0.39 is 0 Å². The maximum absolute atomic E-state index is 12.4. The molecule has 6 heteroatoms. The van der Waals surface area contributed by atoms with Crippen molar-refractivity contribution in [3.05, 3.63) is 40.9 Å². The number of carbonyl (C=O) groups excluding carboxylic acids is 1. The van der Waals surface area contributed by atoms with Crippen LogP contribution in [0.3, 0.4) is 0 Å². The Labute approximate surface area is 129 Å². The summed E-state index contributed by atoms with van der Waals surface area (Å²) in [7, 11) is 1.72. The number of hydrogen-bond donors (Lipinski definition) is 1. The van der Waals surface area contributed by atoms with Crippen molar-refractivity contribution >= 4 is 16.8 Å². The first-order chi connectivity index (χ1) is 10.3. The second-order valence-corrected chi connectivity index (χ2v) is 6.31. The molecule has 0 aliphatic heterocycles. The molecule has 0 saturated heterocycles. The summed E-state index contributed by atoms with van der Waals surface area (Å²) in [5, 5.41) is 0.516. The van der Waals surface area contributed by atoms with Crippen LogP contribution in [-0.2, 0) is 11.3 Å². The number of fused-ring (bicyclic) bond motifs is 1. The van der Waals surface area contributed by atoms with Gasteiger partial charge in [-0.3, -0.25) is 14.2 Å². The Hall–Kier alpha value is -2.21. The Kier molecular flexibility index (Phi) is 4.61. The van der Waals surface area contributed by atoms with Gasteiger partial charge in [-0.1, -0.05) is 26.0 Å². The summed E-state index contributed by atoms with van der Waals surface area (Å²) in [6.45, 7) is 5.01. The Balaban J connectivity index is 2.19. The van der Waals surface area contributed by atoms with Gasteiger partial charge in [0, 0.05) is 13.6 Å². The van der Waals surface area contributed by atoms with E-state index in [-0.39, 0.29) is 23.4 Å². The minimum Gasteiger partial charge on any atom is -0.344 e. The molecule has 118 valence electrons. The van der Waals surface area contributed by atoms with Gasteiger partial charge in [0.25, 0.3) is 5.56 Å². The lowest BCUT2D eigenvalue weighted by Crippen LogP contribution is -2.42. The van der Waals surface area contributed by atoms with Gasteiger partial charge in [0.1, 0.15) is 6.54 Å². The molecule has 0 fully saturated rings. The molecule has 2 rings (SSSR count). The van der Waals surface area contributed by atoms with Gasteiger partial charge in [0.2, 0.25) is 5.91 Å². The maximum atomic E-state index is 12.4. The average molecular weight is 302 g/mol. The second-order valence-electron chi connectivity index (χ2n) is 6.31. The summed E-state index contributed by atoms with van der Waals surface area (Å²) in [5.74, 6) is -0.138.